The molecule has 0 unspecified atom stereocenters. The van der Waals surface area contributed by atoms with Crippen molar-refractivity contribution in [2.45, 2.75) is 6.42 Å². The Balaban J connectivity index is 1.56. The molecule has 1 aliphatic rings. The minimum absolute atomic E-state index is 0.243. The molecule has 0 saturated heterocycles. The molecule has 26 heavy (non-hydrogen) atoms. The zero-order chi connectivity index (χ0) is 18.1. The SMILES string of the molecule is O=C(Nc1ccc(-c2cc3c(cc2Cl)CCO3)cc1)c1ccccc1Cl. The smallest absolute Gasteiger partial charge is 0.257 e. The van der Waals surface area contributed by atoms with Gasteiger partial charge in [-0.05, 0) is 47.5 Å². The predicted octanol–water partition coefficient (Wildman–Crippen LogP) is 5.85. The number of carbonyl (C=O) groups excluding carboxylic acids is 1. The van der Waals surface area contributed by atoms with Gasteiger partial charge in [-0.2, -0.15) is 0 Å². The predicted molar refractivity (Wildman–Crippen MR) is 105 cm³/mol. The van der Waals surface area contributed by atoms with Crippen LogP contribution < -0.4 is 10.1 Å². The molecule has 130 valence electrons. The molecular weight excluding hydrogens is 369 g/mol. The quantitative estimate of drug-likeness (QED) is 0.615. The highest BCUT2D eigenvalue weighted by Crippen LogP contribution is 2.37. The van der Waals surface area contributed by atoms with Crippen LogP contribution in [0.4, 0.5) is 5.69 Å². The summed E-state index contributed by atoms with van der Waals surface area (Å²) in [5.74, 6) is 0.646. The maximum absolute atomic E-state index is 12.3. The van der Waals surface area contributed by atoms with Crippen molar-refractivity contribution in [2.75, 3.05) is 11.9 Å². The Hall–Kier alpha value is -2.49. The summed E-state index contributed by atoms with van der Waals surface area (Å²) < 4.78 is 5.62. The molecule has 5 heteroatoms. The van der Waals surface area contributed by atoms with Crippen LogP contribution in [0.3, 0.4) is 0 Å². The average molecular weight is 384 g/mol. The second-order valence-electron chi connectivity index (χ2n) is 6.05. The molecule has 1 heterocycles. The molecule has 0 aliphatic carbocycles. The van der Waals surface area contributed by atoms with E-state index in [0.717, 1.165) is 28.9 Å². The van der Waals surface area contributed by atoms with E-state index in [1.165, 1.54) is 0 Å². The maximum atomic E-state index is 12.3. The molecule has 4 rings (SSSR count). The van der Waals surface area contributed by atoms with Gasteiger partial charge in [0.25, 0.3) is 5.91 Å². The number of nitrogens with one attached hydrogen (secondary N) is 1. The summed E-state index contributed by atoms with van der Waals surface area (Å²) in [6.45, 7) is 0.697. The second kappa shape index (κ2) is 7.02. The number of anilines is 1. The Kier molecular flexibility index (Phi) is 4.58. The number of carbonyl (C=O) groups is 1. The molecule has 0 fully saturated rings. The Bertz CT molecular complexity index is 984. The first-order chi connectivity index (χ1) is 12.6. The van der Waals surface area contributed by atoms with E-state index >= 15 is 0 Å². The molecule has 1 N–H and O–H groups in total. The fraction of sp³-hybridized carbons (Fsp3) is 0.0952. The van der Waals surface area contributed by atoms with Crippen molar-refractivity contribution in [3.05, 3.63) is 81.8 Å². The van der Waals surface area contributed by atoms with E-state index in [-0.39, 0.29) is 5.91 Å². The van der Waals surface area contributed by atoms with Crippen LogP contribution in [0.25, 0.3) is 11.1 Å². The average Bonchev–Trinajstić information content (AvgIpc) is 3.09. The molecule has 3 aromatic carbocycles. The summed E-state index contributed by atoms with van der Waals surface area (Å²) in [5.41, 5.74) is 4.15. The van der Waals surface area contributed by atoms with Gasteiger partial charge >= 0.3 is 0 Å². The summed E-state index contributed by atoms with van der Waals surface area (Å²) in [7, 11) is 0. The summed E-state index contributed by atoms with van der Waals surface area (Å²) >= 11 is 12.5. The lowest BCUT2D eigenvalue weighted by Gasteiger charge is -2.10. The van der Waals surface area contributed by atoms with E-state index in [2.05, 4.69) is 5.32 Å². The first kappa shape index (κ1) is 17.0. The van der Waals surface area contributed by atoms with E-state index in [4.69, 9.17) is 27.9 Å². The number of hydrogen-bond acceptors (Lipinski definition) is 2. The molecule has 1 amide bonds. The van der Waals surface area contributed by atoms with Crippen molar-refractivity contribution in [1.82, 2.24) is 0 Å². The third-order valence-corrected chi connectivity index (χ3v) is 4.99. The summed E-state index contributed by atoms with van der Waals surface area (Å²) in [5, 5.41) is 3.97. The molecule has 0 bridgehead atoms. The summed E-state index contributed by atoms with van der Waals surface area (Å²) in [6.07, 6.45) is 0.891. The van der Waals surface area contributed by atoms with E-state index in [9.17, 15) is 4.79 Å². The normalized spacial score (nSPS) is 12.4. The van der Waals surface area contributed by atoms with Crippen LogP contribution in [0, 0.1) is 0 Å². The maximum Gasteiger partial charge on any atom is 0.257 e. The summed E-state index contributed by atoms with van der Waals surface area (Å²) in [6, 6.07) is 18.4. The lowest BCUT2D eigenvalue weighted by molar-refractivity contribution is 0.102. The van der Waals surface area contributed by atoms with Gasteiger partial charge in [-0.3, -0.25) is 4.79 Å². The van der Waals surface area contributed by atoms with Crippen molar-refractivity contribution in [3.8, 4) is 16.9 Å². The molecule has 1 aliphatic heterocycles. The molecule has 0 atom stereocenters. The van der Waals surface area contributed by atoms with Crippen molar-refractivity contribution in [2.24, 2.45) is 0 Å². The number of hydrogen-bond donors (Lipinski definition) is 1. The zero-order valence-corrected chi connectivity index (χ0v) is 15.3. The third-order valence-electron chi connectivity index (χ3n) is 4.35. The van der Waals surface area contributed by atoms with E-state index < -0.39 is 0 Å². The van der Waals surface area contributed by atoms with Gasteiger partial charge in [0.1, 0.15) is 5.75 Å². The Labute approximate surface area is 161 Å². The minimum Gasteiger partial charge on any atom is -0.493 e. The molecular formula is C21H15Cl2NO2. The topological polar surface area (TPSA) is 38.3 Å². The molecule has 0 saturated carbocycles. The van der Waals surface area contributed by atoms with Gasteiger partial charge in [-0.15, -0.1) is 0 Å². The number of rotatable bonds is 3. The molecule has 3 aromatic rings. The largest absolute Gasteiger partial charge is 0.493 e. The Morgan fingerprint density at radius 2 is 1.73 bits per heavy atom. The van der Waals surface area contributed by atoms with Gasteiger partial charge in [0.2, 0.25) is 0 Å². The molecule has 0 aromatic heterocycles. The van der Waals surface area contributed by atoms with Crippen LogP contribution in [0.1, 0.15) is 15.9 Å². The van der Waals surface area contributed by atoms with Crippen molar-refractivity contribution in [3.63, 3.8) is 0 Å². The standard InChI is InChI=1S/C21H15Cl2NO2/c22-18-4-2-1-3-16(18)21(25)24-15-7-5-13(6-8-15)17-12-20-14(9-10-26-20)11-19(17)23/h1-8,11-12H,9-10H2,(H,24,25). The van der Waals surface area contributed by atoms with Gasteiger partial charge < -0.3 is 10.1 Å². The van der Waals surface area contributed by atoms with Crippen molar-refractivity contribution < 1.29 is 9.53 Å². The Morgan fingerprint density at radius 3 is 2.50 bits per heavy atom. The Morgan fingerprint density at radius 1 is 0.962 bits per heavy atom. The van der Waals surface area contributed by atoms with Gasteiger partial charge in [0.15, 0.2) is 0 Å². The van der Waals surface area contributed by atoms with Crippen LogP contribution in [0.15, 0.2) is 60.7 Å². The van der Waals surface area contributed by atoms with Crippen LogP contribution in [-0.4, -0.2) is 12.5 Å². The lowest BCUT2D eigenvalue weighted by atomic mass is 10.0. The minimum atomic E-state index is -0.243. The second-order valence-corrected chi connectivity index (χ2v) is 6.86. The number of fused-ring (bicyclic) bond motifs is 1. The van der Waals surface area contributed by atoms with Gasteiger partial charge in [-0.1, -0.05) is 47.5 Å². The highest BCUT2D eigenvalue weighted by molar-refractivity contribution is 6.34. The van der Waals surface area contributed by atoms with Gasteiger partial charge in [-0.25, -0.2) is 0 Å². The summed E-state index contributed by atoms with van der Waals surface area (Å²) in [4.78, 5) is 12.3. The van der Waals surface area contributed by atoms with Crippen molar-refractivity contribution in [1.29, 1.82) is 0 Å². The monoisotopic (exact) mass is 383 g/mol. The fourth-order valence-electron chi connectivity index (χ4n) is 2.99. The van der Waals surface area contributed by atoms with Crippen LogP contribution in [0.2, 0.25) is 10.0 Å². The zero-order valence-electron chi connectivity index (χ0n) is 13.8. The first-order valence-corrected chi connectivity index (χ1v) is 8.99. The van der Waals surface area contributed by atoms with E-state index in [1.54, 1.807) is 24.3 Å². The van der Waals surface area contributed by atoms with Gasteiger partial charge in [0.05, 0.1) is 17.2 Å². The van der Waals surface area contributed by atoms with Crippen LogP contribution in [0.5, 0.6) is 5.75 Å². The van der Waals surface area contributed by atoms with Crippen LogP contribution in [-0.2, 0) is 6.42 Å². The van der Waals surface area contributed by atoms with Gasteiger partial charge in [0, 0.05) is 22.7 Å². The number of amides is 1. The van der Waals surface area contributed by atoms with E-state index in [0.29, 0.717) is 27.9 Å². The highest BCUT2D eigenvalue weighted by Gasteiger charge is 2.16. The first-order valence-electron chi connectivity index (χ1n) is 8.23. The van der Waals surface area contributed by atoms with Crippen molar-refractivity contribution >= 4 is 34.8 Å². The third kappa shape index (κ3) is 3.28. The highest BCUT2D eigenvalue weighted by atomic mass is 35.5. The molecule has 3 nitrogen and oxygen atoms in total. The lowest BCUT2D eigenvalue weighted by Crippen LogP contribution is -2.12. The van der Waals surface area contributed by atoms with E-state index in [1.807, 2.05) is 36.4 Å². The molecule has 0 spiro atoms. The van der Waals surface area contributed by atoms with Crippen LogP contribution >= 0.6 is 23.2 Å². The molecule has 0 radical (unpaired) electrons. The number of ether oxygens (including phenoxy) is 1. The fourth-order valence-corrected chi connectivity index (χ4v) is 3.51. The number of halogens is 2. The number of benzene rings is 3.